The second-order valence-electron chi connectivity index (χ2n) is 4.41. The number of hydrogen-bond acceptors (Lipinski definition) is 1. The molecule has 2 amide bonds. The molecule has 0 saturated heterocycles. The van der Waals surface area contributed by atoms with Crippen molar-refractivity contribution in [2.24, 2.45) is 5.73 Å². The third-order valence-corrected chi connectivity index (χ3v) is 2.88. The van der Waals surface area contributed by atoms with Gasteiger partial charge in [-0.1, -0.05) is 42.0 Å². The van der Waals surface area contributed by atoms with Crippen LogP contribution < -0.4 is 11.1 Å². The van der Waals surface area contributed by atoms with E-state index in [9.17, 15) is 9.18 Å². The van der Waals surface area contributed by atoms with E-state index >= 15 is 0 Å². The van der Waals surface area contributed by atoms with Gasteiger partial charge in [0.15, 0.2) is 0 Å². The van der Waals surface area contributed by atoms with Crippen molar-refractivity contribution in [3.8, 4) is 0 Å². The van der Waals surface area contributed by atoms with Crippen LogP contribution in [0.25, 0.3) is 0 Å². The SMILES string of the molecule is Cc1ccc(C(NC(N)=O)c2cccc(F)c2)cc1. The Hall–Kier alpha value is -2.36. The standard InChI is InChI=1S/C15H15FN2O/c1-10-5-7-11(8-6-10)14(18-15(17)19)12-3-2-4-13(16)9-12/h2-9,14H,1H3,(H3,17,18,19). The number of nitrogens with two attached hydrogens (primary N) is 1. The van der Waals surface area contributed by atoms with Gasteiger partial charge >= 0.3 is 6.03 Å². The maximum absolute atomic E-state index is 13.3. The predicted octanol–water partition coefficient (Wildman–Crippen LogP) is 2.89. The van der Waals surface area contributed by atoms with Crippen LogP contribution in [0.1, 0.15) is 22.7 Å². The molecule has 19 heavy (non-hydrogen) atoms. The van der Waals surface area contributed by atoms with E-state index in [1.165, 1.54) is 12.1 Å². The number of nitrogens with one attached hydrogen (secondary N) is 1. The van der Waals surface area contributed by atoms with Crippen molar-refractivity contribution in [3.63, 3.8) is 0 Å². The number of primary amides is 1. The van der Waals surface area contributed by atoms with E-state index in [1.807, 2.05) is 31.2 Å². The van der Waals surface area contributed by atoms with Crippen LogP contribution in [0.2, 0.25) is 0 Å². The number of aryl methyl sites for hydroxylation is 1. The molecule has 98 valence electrons. The molecule has 3 nitrogen and oxygen atoms in total. The monoisotopic (exact) mass is 258 g/mol. The van der Waals surface area contributed by atoms with Gasteiger partial charge in [0.1, 0.15) is 5.82 Å². The van der Waals surface area contributed by atoms with Crippen LogP contribution in [0.4, 0.5) is 9.18 Å². The number of carbonyl (C=O) groups is 1. The molecule has 0 spiro atoms. The topological polar surface area (TPSA) is 55.1 Å². The van der Waals surface area contributed by atoms with Gasteiger partial charge in [-0.25, -0.2) is 9.18 Å². The summed E-state index contributed by atoms with van der Waals surface area (Å²) < 4.78 is 13.3. The van der Waals surface area contributed by atoms with Crippen LogP contribution in [0.15, 0.2) is 48.5 Å². The average molecular weight is 258 g/mol. The van der Waals surface area contributed by atoms with Gasteiger partial charge in [-0.3, -0.25) is 0 Å². The van der Waals surface area contributed by atoms with Crippen molar-refractivity contribution >= 4 is 6.03 Å². The third-order valence-electron chi connectivity index (χ3n) is 2.88. The van der Waals surface area contributed by atoms with Crippen molar-refractivity contribution in [3.05, 3.63) is 71.0 Å². The highest BCUT2D eigenvalue weighted by Crippen LogP contribution is 2.23. The summed E-state index contributed by atoms with van der Waals surface area (Å²) >= 11 is 0. The summed E-state index contributed by atoms with van der Waals surface area (Å²) in [6.45, 7) is 1.97. The highest BCUT2D eigenvalue weighted by molar-refractivity contribution is 5.72. The van der Waals surface area contributed by atoms with Gasteiger partial charge in [0, 0.05) is 0 Å². The van der Waals surface area contributed by atoms with E-state index in [0.29, 0.717) is 5.56 Å². The molecule has 2 rings (SSSR count). The van der Waals surface area contributed by atoms with E-state index in [2.05, 4.69) is 5.32 Å². The first-order valence-electron chi connectivity index (χ1n) is 5.94. The molecule has 0 saturated carbocycles. The molecule has 0 aliphatic heterocycles. The largest absolute Gasteiger partial charge is 0.352 e. The predicted molar refractivity (Wildman–Crippen MR) is 72.1 cm³/mol. The van der Waals surface area contributed by atoms with Crippen LogP contribution >= 0.6 is 0 Å². The summed E-state index contributed by atoms with van der Waals surface area (Å²) in [5.41, 5.74) is 7.82. The first-order valence-corrected chi connectivity index (χ1v) is 5.94. The lowest BCUT2D eigenvalue weighted by Gasteiger charge is -2.18. The second kappa shape index (κ2) is 5.52. The summed E-state index contributed by atoms with van der Waals surface area (Å²) in [5.74, 6) is -0.346. The Morgan fingerprint density at radius 2 is 1.84 bits per heavy atom. The summed E-state index contributed by atoms with van der Waals surface area (Å²) in [6, 6.07) is 12.7. The fraction of sp³-hybridized carbons (Fsp3) is 0.133. The number of rotatable bonds is 3. The van der Waals surface area contributed by atoms with Crippen molar-refractivity contribution < 1.29 is 9.18 Å². The minimum absolute atomic E-state index is 0.346. The zero-order valence-corrected chi connectivity index (χ0v) is 10.6. The summed E-state index contributed by atoms with van der Waals surface area (Å²) in [7, 11) is 0. The lowest BCUT2D eigenvalue weighted by atomic mass is 9.98. The molecule has 0 fully saturated rings. The zero-order chi connectivity index (χ0) is 13.8. The highest BCUT2D eigenvalue weighted by Gasteiger charge is 2.15. The van der Waals surface area contributed by atoms with Gasteiger partial charge in [0.2, 0.25) is 0 Å². The number of carbonyl (C=O) groups excluding carboxylic acids is 1. The fourth-order valence-electron chi connectivity index (χ4n) is 1.95. The number of hydrogen-bond donors (Lipinski definition) is 2. The molecule has 0 aliphatic rings. The van der Waals surface area contributed by atoms with Crippen molar-refractivity contribution in [1.29, 1.82) is 0 Å². The normalized spacial score (nSPS) is 11.9. The molecule has 4 heteroatoms. The van der Waals surface area contributed by atoms with Crippen LogP contribution in [-0.2, 0) is 0 Å². The molecular formula is C15H15FN2O. The Morgan fingerprint density at radius 1 is 1.16 bits per heavy atom. The molecule has 0 heterocycles. The molecule has 0 radical (unpaired) electrons. The van der Waals surface area contributed by atoms with Gasteiger partial charge in [-0.15, -0.1) is 0 Å². The summed E-state index contributed by atoms with van der Waals surface area (Å²) in [5, 5.41) is 2.63. The summed E-state index contributed by atoms with van der Waals surface area (Å²) in [6.07, 6.45) is 0. The third kappa shape index (κ3) is 3.31. The van der Waals surface area contributed by atoms with E-state index in [0.717, 1.165) is 11.1 Å². The quantitative estimate of drug-likeness (QED) is 0.873. The van der Waals surface area contributed by atoms with Crippen LogP contribution in [0.3, 0.4) is 0 Å². The first-order chi connectivity index (χ1) is 9.06. The Balaban J connectivity index is 2.40. The molecular weight excluding hydrogens is 243 g/mol. The van der Waals surface area contributed by atoms with Crippen LogP contribution in [-0.4, -0.2) is 6.03 Å². The number of benzene rings is 2. The van der Waals surface area contributed by atoms with Gasteiger partial charge in [0.05, 0.1) is 6.04 Å². The minimum Gasteiger partial charge on any atom is -0.352 e. The average Bonchev–Trinajstić information content (AvgIpc) is 2.37. The van der Waals surface area contributed by atoms with Gasteiger partial charge in [-0.05, 0) is 30.2 Å². The van der Waals surface area contributed by atoms with E-state index in [1.54, 1.807) is 12.1 Å². The van der Waals surface area contributed by atoms with Gasteiger partial charge in [0.25, 0.3) is 0 Å². The molecule has 1 unspecified atom stereocenters. The van der Waals surface area contributed by atoms with Crippen LogP contribution in [0, 0.1) is 12.7 Å². The fourth-order valence-corrected chi connectivity index (χ4v) is 1.95. The van der Waals surface area contributed by atoms with Crippen molar-refractivity contribution in [2.45, 2.75) is 13.0 Å². The lowest BCUT2D eigenvalue weighted by molar-refractivity contribution is 0.247. The number of halogens is 1. The molecule has 0 aromatic heterocycles. The second-order valence-corrected chi connectivity index (χ2v) is 4.41. The Bertz CT molecular complexity index is 581. The Kier molecular flexibility index (Phi) is 3.80. The molecule has 0 bridgehead atoms. The summed E-state index contributed by atoms with van der Waals surface area (Å²) in [4.78, 5) is 11.1. The Morgan fingerprint density at radius 3 is 2.42 bits per heavy atom. The number of amides is 2. The lowest BCUT2D eigenvalue weighted by Crippen LogP contribution is -2.33. The first kappa shape index (κ1) is 13.1. The molecule has 1 atom stereocenters. The number of urea groups is 1. The highest BCUT2D eigenvalue weighted by atomic mass is 19.1. The maximum Gasteiger partial charge on any atom is 0.312 e. The van der Waals surface area contributed by atoms with E-state index in [-0.39, 0.29) is 5.82 Å². The molecule has 3 N–H and O–H groups in total. The van der Waals surface area contributed by atoms with Crippen molar-refractivity contribution in [2.75, 3.05) is 0 Å². The molecule has 2 aromatic carbocycles. The molecule has 2 aromatic rings. The van der Waals surface area contributed by atoms with Crippen LogP contribution in [0.5, 0.6) is 0 Å². The smallest absolute Gasteiger partial charge is 0.312 e. The van der Waals surface area contributed by atoms with E-state index in [4.69, 9.17) is 5.73 Å². The van der Waals surface area contributed by atoms with Gasteiger partial charge in [-0.2, -0.15) is 0 Å². The maximum atomic E-state index is 13.3. The zero-order valence-electron chi connectivity index (χ0n) is 10.6. The Labute approximate surface area is 111 Å². The minimum atomic E-state index is -0.644. The molecule has 0 aliphatic carbocycles. The van der Waals surface area contributed by atoms with Gasteiger partial charge < -0.3 is 11.1 Å². The van der Waals surface area contributed by atoms with Crippen molar-refractivity contribution in [1.82, 2.24) is 5.32 Å². The van der Waals surface area contributed by atoms with E-state index < -0.39 is 12.1 Å².